The topological polar surface area (TPSA) is 73.8 Å². The fourth-order valence-corrected chi connectivity index (χ4v) is 4.60. The molecule has 0 atom stereocenters. The number of nitrogens with one attached hydrogen (secondary N) is 2. The molecule has 0 saturated heterocycles. The van der Waals surface area contributed by atoms with Gasteiger partial charge < -0.3 is 0 Å². The molecular formula is C26H30N4O2S. The number of anilines is 1. The van der Waals surface area contributed by atoms with Crippen LogP contribution in [0.3, 0.4) is 0 Å². The summed E-state index contributed by atoms with van der Waals surface area (Å²) in [4.78, 5) is 0. The molecule has 0 amide bonds. The van der Waals surface area contributed by atoms with Crippen LogP contribution >= 0.6 is 0 Å². The summed E-state index contributed by atoms with van der Waals surface area (Å²) in [5, 5.41) is 6.29. The third-order valence-corrected chi connectivity index (χ3v) is 8.36. The third kappa shape index (κ3) is 5.43. The highest BCUT2D eigenvalue weighted by atomic mass is 32.2. The van der Waals surface area contributed by atoms with Gasteiger partial charge in [0.25, 0.3) is 0 Å². The van der Waals surface area contributed by atoms with Crippen LogP contribution in [0.4, 0.5) is 5.69 Å². The van der Waals surface area contributed by atoms with E-state index in [1.54, 1.807) is 20.8 Å². The number of hydrazine groups is 2. The molecule has 7 heteroatoms. The van der Waals surface area contributed by atoms with E-state index in [0.717, 1.165) is 35.5 Å². The molecule has 3 aromatic carbocycles. The molecule has 1 heterocycles. The molecular weight excluding hydrogens is 432 g/mol. The first kappa shape index (κ1) is 23.0. The summed E-state index contributed by atoms with van der Waals surface area (Å²) in [7, 11) is -3.17. The minimum absolute atomic E-state index is 0.0752. The fourth-order valence-electron chi connectivity index (χ4n) is 3.54. The van der Waals surface area contributed by atoms with Crippen molar-refractivity contribution in [3.8, 4) is 0 Å². The Hall–Kier alpha value is -3.16. The second kappa shape index (κ2) is 9.37. The zero-order valence-corrected chi connectivity index (χ0v) is 20.1. The molecule has 33 heavy (non-hydrogen) atoms. The largest absolute Gasteiger partial charge is 0.238 e. The minimum Gasteiger partial charge on any atom is -0.238 e. The summed E-state index contributed by atoms with van der Waals surface area (Å²) >= 11 is 0. The van der Waals surface area contributed by atoms with Crippen LogP contribution in [0.2, 0.25) is 0 Å². The molecule has 0 bridgehead atoms. The second-order valence-electron chi connectivity index (χ2n) is 9.21. The highest BCUT2D eigenvalue weighted by Crippen LogP contribution is 2.21. The maximum atomic E-state index is 12.4. The normalized spacial score (nSPS) is 14.2. The van der Waals surface area contributed by atoms with Crippen molar-refractivity contribution in [1.82, 2.24) is 11.1 Å². The van der Waals surface area contributed by atoms with E-state index in [0.29, 0.717) is 0 Å². The van der Waals surface area contributed by atoms with Crippen LogP contribution in [0.1, 0.15) is 43.0 Å². The van der Waals surface area contributed by atoms with E-state index in [2.05, 4.69) is 40.4 Å². The van der Waals surface area contributed by atoms with Crippen LogP contribution in [-0.2, 0) is 28.4 Å². The number of hydrazone groups is 1. The predicted octanol–water partition coefficient (Wildman–Crippen LogP) is 4.38. The average molecular weight is 463 g/mol. The number of para-hydroxylation sites is 1. The first-order valence-electron chi connectivity index (χ1n) is 11.1. The van der Waals surface area contributed by atoms with Crippen LogP contribution in [-0.4, -0.2) is 19.0 Å². The van der Waals surface area contributed by atoms with E-state index >= 15 is 0 Å². The number of rotatable bonds is 7. The maximum Gasteiger partial charge on any atom is 0.177 e. The molecule has 0 fully saturated rings. The number of benzene rings is 3. The molecule has 0 unspecified atom stereocenters. The van der Waals surface area contributed by atoms with Crippen molar-refractivity contribution >= 4 is 21.4 Å². The van der Waals surface area contributed by atoms with Gasteiger partial charge in [-0.2, -0.15) is 0 Å². The summed E-state index contributed by atoms with van der Waals surface area (Å²) in [5.41, 5.74) is 11.2. The molecule has 2 N–H and O–H groups in total. The Kier molecular flexibility index (Phi) is 6.54. The first-order chi connectivity index (χ1) is 15.7. The quantitative estimate of drug-likeness (QED) is 0.545. The minimum atomic E-state index is -3.17. The van der Waals surface area contributed by atoms with E-state index in [-0.39, 0.29) is 5.75 Å². The van der Waals surface area contributed by atoms with Crippen molar-refractivity contribution in [1.29, 1.82) is 0 Å². The molecule has 1 aliphatic rings. The summed E-state index contributed by atoms with van der Waals surface area (Å²) in [6.07, 6.45) is 1.80. The van der Waals surface area contributed by atoms with Gasteiger partial charge in [0.15, 0.2) is 15.7 Å². The van der Waals surface area contributed by atoms with Crippen molar-refractivity contribution < 1.29 is 8.42 Å². The molecule has 0 aliphatic carbocycles. The van der Waals surface area contributed by atoms with Gasteiger partial charge in [-0.25, -0.2) is 19.0 Å². The van der Waals surface area contributed by atoms with Gasteiger partial charge in [0.2, 0.25) is 0 Å². The highest BCUT2D eigenvalue weighted by molar-refractivity contribution is 7.91. The Morgan fingerprint density at radius 3 is 1.91 bits per heavy atom. The van der Waals surface area contributed by atoms with E-state index in [1.807, 2.05) is 59.6 Å². The summed E-state index contributed by atoms with van der Waals surface area (Å²) < 4.78 is 24.1. The van der Waals surface area contributed by atoms with Gasteiger partial charge in [-0.15, -0.1) is 10.6 Å². The van der Waals surface area contributed by atoms with Crippen molar-refractivity contribution in [2.75, 3.05) is 5.01 Å². The first-order valence-corrected chi connectivity index (χ1v) is 12.7. The van der Waals surface area contributed by atoms with Crippen LogP contribution < -0.4 is 16.1 Å². The molecule has 4 rings (SSSR count). The monoisotopic (exact) mass is 462 g/mol. The lowest BCUT2D eigenvalue weighted by molar-refractivity contribution is 0.559. The number of sulfone groups is 1. The van der Waals surface area contributed by atoms with Crippen LogP contribution in [0, 0.1) is 0 Å². The number of hydrogen-bond acceptors (Lipinski definition) is 6. The third-order valence-electron chi connectivity index (χ3n) is 5.78. The molecule has 172 valence electrons. The second-order valence-corrected chi connectivity index (χ2v) is 12.0. The van der Waals surface area contributed by atoms with Crippen LogP contribution in [0.5, 0.6) is 0 Å². The van der Waals surface area contributed by atoms with Gasteiger partial charge >= 0.3 is 0 Å². The lowest BCUT2D eigenvalue weighted by atomic mass is 10.0. The Balaban J connectivity index is 1.36. The Morgan fingerprint density at radius 1 is 0.788 bits per heavy atom. The highest BCUT2D eigenvalue weighted by Gasteiger charge is 2.28. The standard InChI is InChI=1S/C26H30N4O2S/c1-26(2,3)33(31,32)19-22-13-11-20(12-14-22)9-10-21-15-17-23(18-16-21)25-27-28-29-30(25)24-7-5-4-6-8-24/h4-8,11-18,28-29H,9-10,19H2,1-3H3. The maximum absolute atomic E-state index is 12.4. The number of hydrogen-bond donors (Lipinski definition) is 2. The molecule has 0 saturated carbocycles. The molecule has 0 spiro atoms. The lowest BCUT2D eigenvalue weighted by Gasteiger charge is -2.19. The van der Waals surface area contributed by atoms with E-state index < -0.39 is 14.6 Å². The van der Waals surface area contributed by atoms with E-state index in [9.17, 15) is 8.42 Å². The summed E-state index contributed by atoms with van der Waals surface area (Å²) in [6.45, 7) is 5.23. The molecule has 0 radical (unpaired) electrons. The van der Waals surface area contributed by atoms with Crippen molar-refractivity contribution in [2.45, 2.75) is 44.1 Å². The summed E-state index contributed by atoms with van der Waals surface area (Å²) in [6, 6.07) is 26.4. The number of amidine groups is 1. The molecule has 0 aromatic heterocycles. The Morgan fingerprint density at radius 2 is 1.33 bits per heavy atom. The van der Waals surface area contributed by atoms with Gasteiger partial charge in [0.05, 0.1) is 16.2 Å². The molecule has 6 nitrogen and oxygen atoms in total. The zero-order chi connectivity index (χ0) is 23.5. The van der Waals surface area contributed by atoms with Crippen molar-refractivity contribution in [3.63, 3.8) is 0 Å². The van der Waals surface area contributed by atoms with Gasteiger partial charge in [-0.1, -0.05) is 66.7 Å². The van der Waals surface area contributed by atoms with Crippen molar-refractivity contribution in [2.24, 2.45) is 5.10 Å². The molecule has 3 aromatic rings. The SMILES string of the molecule is CC(C)(C)S(=O)(=O)Cc1ccc(CCc2ccc(C3=NNNN3c3ccccc3)cc2)cc1. The van der Waals surface area contributed by atoms with E-state index in [4.69, 9.17) is 0 Å². The van der Waals surface area contributed by atoms with E-state index in [1.165, 1.54) is 11.1 Å². The summed E-state index contributed by atoms with van der Waals surface area (Å²) in [5.74, 6) is 0.889. The van der Waals surface area contributed by atoms with Crippen LogP contribution in [0.15, 0.2) is 84.0 Å². The average Bonchev–Trinajstić information content (AvgIpc) is 3.29. The number of aryl methyl sites for hydroxylation is 2. The predicted molar refractivity (Wildman–Crippen MR) is 134 cm³/mol. The smallest absolute Gasteiger partial charge is 0.177 e. The van der Waals surface area contributed by atoms with Crippen LogP contribution in [0.25, 0.3) is 0 Å². The Labute approximate surface area is 196 Å². The fraction of sp³-hybridized carbons (Fsp3) is 0.269. The Bertz CT molecular complexity index is 1210. The van der Waals surface area contributed by atoms with Crippen molar-refractivity contribution in [3.05, 3.63) is 101 Å². The van der Waals surface area contributed by atoms with Gasteiger partial charge in [0, 0.05) is 5.56 Å². The number of nitrogens with zero attached hydrogens (tertiary/aromatic N) is 2. The van der Waals surface area contributed by atoms with Gasteiger partial charge in [-0.05, 0) is 62.4 Å². The van der Waals surface area contributed by atoms with Gasteiger partial charge in [0.1, 0.15) is 0 Å². The zero-order valence-electron chi connectivity index (χ0n) is 19.2. The lowest BCUT2D eigenvalue weighted by Crippen LogP contribution is -2.41. The molecule has 1 aliphatic heterocycles. The van der Waals surface area contributed by atoms with Gasteiger partial charge in [-0.3, -0.25) is 0 Å².